The van der Waals surface area contributed by atoms with Gasteiger partial charge in [0.15, 0.2) is 5.58 Å². The van der Waals surface area contributed by atoms with E-state index in [2.05, 4.69) is 15.2 Å². The van der Waals surface area contributed by atoms with Crippen LogP contribution in [0.3, 0.4) is 0 Å². The number of halogens is 3. The molecular formula is C27H27Cl2FN4O3. The summed E-state index contributed by atoms with van der Waals surface area (Å²) in [4.78, 5) is 14.7. The van der Waals surface area contributed by atoms with Crippen molar-refractivity contribution in [2.75, 3.05) is 26.2 Å². The summed E-state index contributed by atoms with van der Waals surface area (Å²) in [6.45, 7) is 3.58. The first-order chi connectivity index (χ1) is 18.0. The molecular weight excluding hydrogens is 518 g/mol. The molecule has 10 heteroatoms. The fraction of sp³-hybridized carbons (Fsp3) is 0.370. The average Bonchev–Trinajstić information content (AvgIpc) is 3.32. The molecule has 0 unspecified atom stereocenters. The van der Waals surface area contributed by atoms with Crippen LogP contribution < -0.4 is 10.3 Å². The lowest BCUT2D eigenvalue weighted by Crippen LogP contribution is -2.33. The van der Waals surface area contributed by atoms with E-state index < -0.39 is 0 Å². The summed E-state index contributed by atoms with van der Waals surface area (Å²) >= 11 is 12.0. The van der Waals surface area contributed by atoms with Gasteiger partial charge in [0, 0.05) is 29.5 Å². The number of hydrogen-bond acceptors (Lipinski definition) is 6. The molecule has 0 amide bonds. The van der Waals surface area contributed by atoms with Crippen molar-refractivity contribution >= 4 is 34.2 Å². The van der Waals surface area contributed by atoms with Gasteiger partial charge >= 0.3 is 0 Å². The standard InChI is InChI=1S/C27H27Cl2FN4O3/c28-22-7-5-20(17-23(22)29)34-26(35)9-8-25(31-34)36-15-3-1-2-12-33-13-10-18(11-14-33)27-21-6-4-19(30)16-24(21)37-32-27/h4-9,16-18H,1-3,10-15H2. The second-order valence-corrected chi connectivity index (χ2v) is 10.1. The van der Waals surface area contributed by atoms with Crippen LogP contribution in [0.1, 0.15) is 43.7 Å². The highest BCUT2D eigenvalue weighted by Gasteiger charge is 2.24. The van der Waals surface area contributed by atoms with Crippen LogP contribution in [-0.4, -0.2) is 46.1 Å². The number of benzene rings is 2. The predicted molar refractivity (Wildman–Crippen MR) is 142 cm³/mol. The van der Waals surface area contributed by atoms with Crippen LogP contribution in [-0.2, 0) is 0 Å². The molecule has 2 aromatic heterocycles. The van der Waals surface area contributed by atoms with E-state index in [1.54, 1.807) is 30.3 Å². The van der Waals surface area contributed by atoms with Crippen LogP contribution in [0.2, 0.25) is 10.0 Å². The van der Waals surface area contributed by atoms with Gasteiger partial charge in [-0.1, -0.05) is 28.4 Å². The maximum Gasteiger partial charge on any atom is 0.271 e. The van der Waals surface area contributed by atoms with Gasteiger partial charge in [0.25, 0.3) is 5.56 Å². The van der Waals surface area contributed by atoms with Crippen molar-refractivity contribution in [1.82, 2.24) is 19.8 Å². The topological polar surface area (TPSA) is 73.4 Å². The Morgan fingerprint density at radius 3 is 2.65 bits per heavy atom. The van der Waals surface area contributed by atoms with Crippen molar-refractivity contribution < 1.29 is 13.7 Å². The summed E-state index contributed by atoms with van der Waals surface area (Å²) < 4.78 is 25.8. The van der Waals surface area contributed by atoms with E-state index in [0.717, 1.165) is 62.8 Å². The lowest BCUT2D eigenvalue weighted by molar-refractivity contribution is 0.203. The van der Waals surface area contributed by atoms with Crippen LogP contribution in [0.5, 0.6) is 5.88 Å². The molecule has 2 aromatic carbocycles. The van der Waals surface area contributed by atoms with E-state index in [-0.39, 0.29) is 11.4 Å². The van der Waals surface area contributed by atoms with Gasteiger partial charge in [-0.25, -0.2) is 4.39 Å². The maximum atomic E-state index is 13.4. The van der Waals surface area contributed by atoms with Crippen LogP contribution in [0.4, 0.5) is 4.39 Å². The van der Waals surface area contributed by atoms with Crippen molar-refractivity contribution in [2.24, 2.45) is 0 Å². The Morgan fingerprint density at radius 1 is 1.00 bits per heavy atom. The molecule has 0 saturated carbocycles. The van der Waals surface area contributed by atoms with Crippen LogP contribution in [0.15, 0.2) is 57.8 Å². The number of ether oxygens (including phenoxy) is 1. The number of nitrogens with zero attached hydrogens (tertiary/aromatic N) is 4. The largest absolute Gasteiger partial charge is 0.477 e. The van der Waals surface area contributed by atoms with Crippen molar-refractivity contribution in [3.05, 3.63) is 80.4 Å². The number of likely N-dealkylation sites (tertiary alicyclic amines) is 1. The molecule has 0 spiro atoms. The van der Waals surface area contributed by atoms with Gasteiger partial charge < -0.3 is 14.2 Å². The quantitative estimate of drug-likeness (QED) is 0.232. The Hall–Kier alpha value is -2.94. The van der Waals surface area contributed by atoms with E-state index in [4.69, 9.17) is 32.5 Å². The van der Waals surface area contributed by atoms with Crippen molar-refractivity contribution in [1.29, 1.82) is 0 Å². The molecule has 0 atom stereocenters. The van der Waals surface area contributed by atoms with E-state index in [1.165, 1.54) is 22.9 Å². The molecule has 3 heterocycles. The molecule has 37 heavy (non-hydrogen) atoms. The molecule has 194 valence electrons. The monoisotopic (exact) mass is 544 g/mol. The summed E-state index contributed by atoms with van der Waals surface area (Å²) in [6, 6.07) is 12.5. The highest BCUT2D eigenvalue weighted by molar-refractivity contribution is 6.42. The van der Waals surface area contributed by atoms with E-state index in [1.807, 2.05) is 0 Å². The minimum atomic E-state index is -0.306. The SMILES string of the molecule is O=c1ccc(OCCCCCN2CCC(c3noc4cc(F)ccc34)CC2)nn1-c1ccc(Cl)c(Cl)c1. The lowest BCUT2D eigenvalue weighted by atomic mass is 9.91. The molecule has 7 nitrogen and oxygen atoms in total. The minimum Gasteiger partial charge on any atom is -0.477 e. The normalized spacial score (nSPS) is 14.9. The summed E-state index contributed by atoms with van der Waals surface area (Å²) in [7, 11) is 0. The first-order valence-corrected chi connectivity index (χ1v) is 13.2. The third kappa shape index (κ3) is 6.14. The summed E-state index contributed by atoms with van der Waals surface area (Å²) in [6.07, 6.45) is 5.04. The third-order valence-corrected chi connectivity index (χ3v) is 7.47. The van der Waals surface area contributed by atoms with E-state index >= 15 is 0 Å². The minimum absolute atomic E-state index is 0.278. The van der Waals surface area contributed by atoms with Gasteiger partial charge in [-0.2, -0.15) is 4.68 Å². The molecule has 1 aliphatic rings. The number of hydrogen-bond donors (Lipinski definition) is 0. The smallest absolute Gasteiger partial charge is 0.271 e. The molecule has 0 radical (unpaired) electrons. The lowest BCUT2D eigenvalue weighted by Gasteiger charge is -2.31. The second kappa shape index (κ2) is 11.6. The Balaban J connectivity index is 1.03. The Morgan fingerprint density at radius 2 is 1.84 bits per heavy atom. The molecule has 1 fully saturated rings. The van der Waals surface area contributed by atoms with Crippen molar-refractivity contribution in [3.63, 3.8) is 0 Å². The summed E-state index contributed by atoms with van der Waals surface area (Å²) in [5.41, 5.74) is 1.72. The van der Waals surface area contributed by atoms with Crippen LogP contribution >= 0.6 is 23.2 Å². The summed E-state index contributed by atoms with van der Waals surface area (Å²) in [5.74, 6) is 0.422. The number of rotatable bonds is 9. The van der Waals surface area contributed by atoms with Gasteiger partial charge in [0.05, 0.1) is 28.0 Å². The fourth-order valence-corrected chi connectivity index (χ4v) is 5.01. The van der Waals surface area contributed by atoms with Gasteiger partial charge in [-0.3, -0.25) is 4.79 Å². The van der Waals surface area contributed by atoms with Crippen LogP contribution in [0.25, 0.3) is 16.7 Å². The van der Waals surface area contributed by atoms with Crippen LogP contribution in [0, 0.1) is 5.82 Å². The Labute approximate surface area is 223 Å². The fourth-order valence-electron chi connectivity index (χ4n) is 4.72. The molecule has 0 N–H and O–H groups in total. The van der Waals surface area contributed by atoms with E-state index in [0.29, 0.717) is 39.7 Å². The molecule has 0 bridgehead atoms. The average molecular weight is 545 g/mol. The number of unbranched alkanes of at least 4 members (excludes halogenated alkanes) is 2. The van der Waals surface area contributed by atoms with Gasteiger partial charge in [-0.05, 0) is 82.1 Å². The Kier molecular flexibility index (Phi) is 8.08. The zero-order chi connectivity index (χ0) is 25.8. The summed E-state index contributed by atoms with van der Waals surface area (Å²) in [5, 5.41) is 10.2. The highest BCUT2D eigenvalue weighted by Crippen LogP contribution is 2.33. The molecule has 4 aromatic rings. The Bertz CT molecular complexity index is 1430. The molecule has 0 aliphatic carbocycles. The molecule has 5 rings (SSSR count). The number of fused-ring (bicyclic) bond motifs is 1. The number of piperidine rings is 1. The van der Waals surface area contributed by atoms with Gasteiger partial charge in [0.2, 0.25) is 5.88 Å². The van der Waals surface area contributed by atoms with E-state index in [9.17, 15) is 9.18 Å². The molecule has 1 saturated heterocycles. The van der Waals surface area contributed by atoms with Gasteiger partial charge in [-0.15, -0.1) is 5.10 Å². The van der Waals surface area contributed by atoms with Crippen molar-refractivity contribution in [2.45, 2.75) is 38.0 Å². The van der Waals surface area contributed by atoms with Gasteiger partial charge in [0.1, 0.15) is 5.82 Å². The first-order valence-electron chi connectivity index (χ1n) is 12.4. The maximum absolute atomic E-state index is 13.4. The zero-order valence-corrected chi connectivity index (χ0v) is 21.7. The predicted octanol–water partition coefficient (Wildman–Crippen LogP) is 6.25. The first kappa shape index (κ1) is 25.7. The second-order valence-electron chi connectivity index (χ2n) is 9.25. The zero-order valence-electron chi connectivity index (χ0n) is 20.2. The number of aromatic nitrogens is 3. The van der Waals surface area contributed by atoms with Crippen molar-refractivity contribution in [3.8, 4) is 11.6 Å². The highest BCUT2D eigenvalue weighted by atomic mass is 35.5. The third-order valence-electron chi connectivity index (χ3n) is 6.73. The molecule has 1 aliphatic heterocycles.